The number of nitrogens with one attached hydrogen (secondary N) is 2. The number of amides is 2. The van der Waals surface area contributed by atoms with Gasteiger partial charge in [0.15, 0.2) is 0 Å². The van der Waals surface area contributed by atoms with Crippen LogP contribution in [-0.2, 0) is 11.3 Å². The van der Waals surface area contributed by atoms with Crippen molar-refractivity contribution in [3.63, 3.8) is 0 Å². The molecule has 2 aromatic carbocycles. The quantitative estimate of drug-likeness (QED) is 0.220. The number of hydrogen-bond donors (Lipinski definition) is 2. The third-order valence-corrected chi connectivity index (χ3v) is 9.05. The van der Waals surface area contributed by atoms with Crippen LogP contribution in [0.4, 0.5) is 0 Å². The van der Waals surface area contributed by atoms with Crippen molar-refractivity contribution in [2.45, 2.75) is 57.7 Å². The molecule has 11 nitrogen and oxygen atoms in total. The van der Waals surface area contributed by atoms with Crippen LogP contribution in [0.1, 0.15) is 61.1 Å². The molecule has 0 radical (unpaired) electrons. The Morgan fingerprint density at radius 2 is 1.69 bits per heavy atom. The molecule has 48 heavy (non-hydrogen) atoms. The van der Waals surface area contributed by atoms with E-state index in [-0.39, 0.29) is 36.1 Å². The summed E-state index contributed by atoms with van der Waals surface area (Å²) in [5.41, 5.74) is 2.34. The Morgan fingerprint density at radius 3 is 2.44 bits per heavy atom. The number of hydrogen-bond acceptors (Lipinski definition) is 7. The molecule has 2 amide bonds. The van der Waals surface area contributed by atoms with Gasteiger partial charge in [-0.05, 0) is 42.7 Å². The van der Waals surface area contributed by atoms with Crippen molar-refractivity contribution in [1.29, 1.82) is 0 Å². The Hall–Kier alpha value is -4.90. The fraction of sp³-hybridized carbons (Fsp3) is 0.405. The largest absolute Gasteiger partial charge is 0.490 e. The van der Waals surface area contributed by atoms with Gasteiger partial charge in [0.05, 0.1) is 24.5 Å². The van der Waals surface area contributed by atoms with E-state index in [0.29, 0.717) is 68.7 Å². The predicted molar refractivity (Wildman–Crippen MR) is 183 cm³/mol. The summed E-state index contributed by atoms with van der Waals surface area (Å²) >= 11 is 0. The molecule has 2 atom stereocenters. The monoisotopic (exact) mass is 652 g/mol. The third kappa shape index (κ3) is 7.62. The van der Waals surface area contributed by atoms with Crippen molar-refractivity contribution >= 4 is 11.8 Å². The van der Waals surface area contributed by atoms with E-state index in [2.05, 4.69) is 15.6 Å². The molecule has 11 heteroatoms. The van der Waals surface area contributed by atoms with Gasteiger partial charge < -0.3 is 25.0 Å². The second-order valence-corrected chi connectivity index (χ2v) is 12.3. The molecule has 1 unspecified atom stereocenters. The molecule has 252 valence electrons. The van der Waals surface area contributed by atoms with Gasteiger partial charge in [0.1, 0.15) is 30.4 Å². The Balaban J connectivity index is 1.38. The van der Waals surface area contributed by atoms with Crippen molar-refractivity contribution in [1.82, 2.24) is 29.7 Å². The van der Waals surface area contributed by atoms with Gasteiger partial charge in [0, 0.05) is 50.4 Å². The highest BCUT2D eigenvalue weighted by molar-refractivity contribution is 5.99. The number of carbonyl (C=O) groups is 2. The average molecular weight is 653 g/mol. The first-order valence-electron chi connectivity index (χ1n) is 17.0. The van der Waals surface area contributed by atoms with Gasteiger partial charge >= 0.3 is 5.69 Å². The lowest BCUT2D eigenvalue weighted by molar-refractivity contribution is -0.122. The van der Waals surface area contributed by atoms with Gasteiger partial charge in [0.2, 0.25) is 5.91 Å². The van der Waals surface area contributed by atoms with E-state index >= 15 is 0 Å². The van der Waals surface area contributed by atoms with Gasteiger partial charge in [-0.1, -0.05) is 62.2 Å². The number of carbonyl (C=O) groups excluding carboxylic acids is 2. The summed E-state index contributed by atoms with van der Waals surface area (Å²) < 4.78 is 15.2. The highest BCUT2D eigenvalue weighted by atomic mass is 16.5. The summed E-state index contributed by atoms with van der Waals surface area (Å²) in [5.74, 6) is 1.10. The van der Waals surface area contributed by atoms with Crippen LogP contribution >= 0.6 is 0 Å². The Bertz CT molecular complexity index is 1730. The van der Waals surface area contributed by atoms with Crippen LogP contribution < -0.4 is 25.8 Å². The number of aromatic nitrogens is 3. The van der Waals surface area contributed by atoms with Crippen LogP contribution in [0, 0.1) is 0 Å². The normalized spacial score (nSPS) is 17.9. The van der Waals surface area contributed by atoms with Gasteiger partial charge in [-0.15, -0.1) is 0 Å². The zero-order valence-corrected chi connectivity index (χ0v) is 27.5. The van der Waals surface area contributed by atoms with Crippen molar-refractivity contribution < 1.29 is 19.1 Å². The Kier molecular flexibility index (Phi) is 10.9. The molecule has 2 fully saturated rings. The Morgan fingerprint density at radius 1 is 0.938 bits per heavy atom. The van der Waals surface area contributed by atoms with E-state index in [1.165, 1.54) is 0 Å². The summed E-state index contributed by atoms with van der Waals surface area (Å²) in [7, 11) is 0. The van der Waals surface area contributed by atoms with Gasteiger partial charge in [-0.2, -0.15) is 0 Å². The molecule has 4 aromatic rings. The van der Waals surface area contributed by atoms with E-state index in [1.807, 2.05) is 78.6 Å². The van der Waals surface area contributed by atoms with Crippen LogP contribution in [0.5, 0.6) is 11.5 Å². The molecule has 1 aliphatic carbocycles. The highest BCUT2D eigenvalue weighted by Gasteiger charge is 2.36. The number of benzene rings is 2. The standard InChI is InChI=1S/C37H44N6O5/c1-2-33(44)40-31-15-6-7-16-32(31)43-34(28-11-4-3-5-12-28)35(36(45)41-20-18-38-19-21-41)42(37(43)46)26-27-10-8-13-29(24-27)47-22-23-48-30-14-9-17-39-25-30/h3-5,8-14,17,24-25,31-32,38H,2,6-7,15-16,18-23,26H2,1H3,(H,40,44)/t31-,32?/m0/s1. The zero-order valence-electron chi connectivity index (χ0n) is 27.5. The molecule has 1 saturated carbocycles. The molecule has 2 aliphatic rings. The maximum atomic E-state index is 14.8. The number of nitrogens with zero attached hydrogens (tertiary/aromatic N) is 4. The Labute approximate surface area is 280 Å². The molecule has 0 bridgehead atoms. The molecule has 6 rings (SSSR count). The molecule has 1 aliphatic heterocycles. The number of piperazine rings is 1. The van der Waals surface area contributed by atoms with Crippen LogP contribution in [0.2, 0.25) is 0 Å². The second kappa shape index (κ2) is 15.8. The summed E-state index contributed by atoms with van der Waals surface area (Å²) in [4.78, 5) is 47.8. The topological polar surface area (TPSA) is 120 Å². The summed E-state index contributed by atoms with van der Waals surface area (Å²) in [6.07, 6.45) is 7.11. The lowest BCUT2D eigenvalue weighted by Gasteiger charge is -2.34. The number of ether oxygens (including phenoxy) is 2. The molecule has 3 heterocycles. The molecule has 0 spiro atoms. The van der Waals surface area contributed by atoms with Crippen LogP contribution in [0.3, 0.4) is 0 Å². The molecule has 2 aromatic heterocycles. The summed E-state index contributed by atoms with van der Waals surface area (Å²) in [6, 6.07) is 20.4. The molecule has 1 saturated heterocycles. The first kappa shape index (κ1) is 33.0. The second-order valence-electron chi connectivity index (χ2n) is 12.3. The minimum Gasteiger partial charge on any atom is -0.490 e. The SMILES string of the molecule is CCC(=O)N[C@H]1CCCCC1n1c(-c2ccccc2)c(C(=O)N2CCNCC2)n(Cc2cccc(OCCOc3cccnc3)c2)c1=O. The first-order chi connectivity index (χ1) is 23.5. The highest BCUT2D eigenvalue weighted by Crippen LogP contribution is 2.35. The van der Waals surface area contributed by atoms with Crippen LogP contribution in [0.15, 0.2) is 83.9 Å². The maximum absolute atomic E-state index is 14.8. The van der Waals surface area contributed by atoms with Crippen molar-refractivity contribution in [3.05, 3.63) is 101 Å². The van der Waals surface area contributed by atoms with Crippen LogP contribution in [0.25, 0.3) is 11.3 Å². The van der Waals surface area contributed by atoms with Gasteiger partial charge in [0.25, 0.3) is 5.91 Å². The minimum atomic E-state index is -0.290. The number of imidazole rings is 1. The smallest absolute Gasteiger partial charge is 0.329 e. The van der Waals surface area contributed by atoms with Crippen molar-refractivity contribution in [2.24, 2.45) is 0 Å². The first-order valence-corrected chi connectivity index (χ1v) is 17.0. The molecular formula is C37H44N6O5. The summed E-state index contributed by atoms with van der Waals surface area (Å²) in [6.45, 7) is 5.17. The lowest BCUT2D eigenvalue weighted by atomic mass is 9.89. The lowest BCUT2D eigenvalue weighted by Crippen LogP contribution is -2.47. The van der Waals surface area contributed by atoms with Crippen molar-refractivity contribution in [3.8, 4) is 22.8 Å². The van der Waals surface area contributed by atoms with E-state index < -0.39 is 0 Å². The molecular weight excluding hydrogens is 608 g/mol. The molecule has 2 N–H and O–H groups in total. The predicted octanol–water partition coefficient (Wildman–Crippen LogP) is 4.27. The van der Waals surface area contributed by atoms with E-state index in [0.717, 1.165) is 36.8 Å². The fourth-order valence-corrected chi connectivity index (χ4v) is 6.69. The fourth-order valence-electron chi connectivity index (χ4n) is 6.69. The summed E-state index contributed by atoms with van der Waals surface area (Å²) in [5, 5.41) is 6.52. The maximum Gasteiger partial charge on any atom is 0.329 e. The third-order valence-electron chi connectivity index (χ3n) is 9.05. The van der Waals surface area contributed by atoms with E-state index in [1.54, 1.807) is 21.5 Å². The number of pyridine rings is 1. The van der Waals surface area contributed by atoms with E-state index in [4.69, 9.17) is 9.47 Å². The zero-order chi connectivity index (χ0) is 33.3. The van der Waals surface area contributed by atoms with Gasteiger partial charge in [-0.25, -0.2) is 4.79 Å². The van der Waals surface area contributed by atoms with Gasteiger partial charge in [-0.3, -0.25) is 23.7 Å². The van der Waals surface area contributed by atoms with Crippen LogP contribution in [-0.4, -0.2) is 76.3 Å². The number of rotatable bonds is 12. The minimum absolute atomic E-state index is 0.0413. The average Bonchev–Trinajstić information content (AvgIpc) is 3.42. The van der Waals surface area contributed by atoms with E-state index in [9.17, 15) is 14.4 Å². The van der Waals surface area contributed by atoms with Crippen molar-refractivity contribution in [2.75, 3.05) is 39.4 Å².